The van der Waals surface area contributed by atoms with Gasteiger partial charge in [-0.3, -0.25) is 14.4 Å². The van der Waals surface area contributed by atoms with Crippen LogP contribution in [0.15, 0.2) is 55.1 Å². The summed E-state index contributed by atoms with van der Waals surface area (Å²) in [5.41, 5.74) is -0.285. The molecule has 0 radical (unpaired) electrons. The van der Waals surface area contributed by atoms with Gasteiger partial charge in [0.05, 0.1) is 13.1 Å². The fourth-order valence-corrected chi connectivity index (χ4v) is 3.29. The molecule has 1 unspecified atom stereocenters. The lowest BCUT2D eigenvalue weighted by molar-refractivity contribution is -0.131. The second kappa shape index (κ2) is 5.70. The van der Waals surface area contributed by atoms with Crippen LogP contribution in [-0.4, -0.2) is 38.1 Å². The molecular formula is C18H17N5O2. The van der Waals surface area contributed by atoms with E-state index in [-0.39, 0.29) is 18.5 Å². The largest absolute Gasteiger partial charge is 0.325 e. The minimum absolute atomic E-state index is 0.244. The van der Waals surface area contributed by atoms with Gasteiger partial charge in [0.25, 0.3) is 5.91 Å². The van der Waals surface area contributed by atoms with Gasteiger partial charge in [-0.2, -0.15) is 5.10 Å². The number of aromatic nitrogens is 3. The second-order valence-electron chi connectivity index (χ2n) is 6.20. The first-order chi connectivity index (χ1) is 12.1. The van der Waals surface area contributed by atoms with E-state index in [4.69, 9.17) is 0 Å². The SMILES string of the molecule is CC1(c2cccc3ccccc23)NC(=O)N(CCn2cncn2)C1=O. The Kier molecular flexibility index (Phi) is 3.49. The van der Waals surface area contributed by atoms with Gasteiger partial charge < -0.3 is 5.32 Å². The number of imide groups is 1. The average molecular weight is 335 g/mol. The van der Waals surface area contributed by atoms with Crippen molar-refractivity contribution < 1.29 is 9.59 Å². The summed E-state index contributed by atoms with van der Waals surface area (Å²) < 4.78 is 1.59. The molecule has 0 aliphatic carbocycles. The van der Waals surface area contributed by atoms with Gasteiger partial charge in [0.15, 0.2) is 0 Å². The topological polar surface area (TPSA) is 80.1 Å². The van der Waals surface area contributed by atoms with Crippen LogP contribution >= 0.6 is 0 Å². The molecule has 4 rings (SSSR count). The minimum atomic E-state index is -1.08. The van der Waals surface area contributed by atoms with Gasteiger partial charge in [0.2, 0.25) is 0 Å². The fourth-order valence-electron chi connectivity index (χ4n) is 3.29. The van der Waals surface area contributed by atoms with E-state index >= 15 is 0 Å². The molecule has 126 valence electrons. The Morgan fingerprint density at radius 3 is 2.68 bits per heavy atom. The molecule has 1 aliphatic rings. The van der Waals surface area contributed by atoms with Crippen LogP contribution in [0.25, 0.3) is 10.8 Å². The summed E-state index contributed by atoms with van der Waals surface area (Å²) in [6.07, 6.45) is 2.98. The average Bonchev–Trinajstić information content (AvgIpc) is 3.21. The Morgan fingerprint density at radius 2 is 1.88 bits per heavy atom. The number of carbonyl (C=O) groups excluding carboxylic acids is 2. The number of benzene rings is 2. The third kappa shape index (κ3) is 2.44. The van der Waals surface area contributed by atoms with Crippen LogP contribution in [-0.2, 0) is 16.9 Å². The van der Waals surface area contributed by atoms with Crippen LogP contribution in [0.3, 0.4) is 0 Å². The number of hydrogen-bond acceptors (Lipinski definition) is 4. The van der Waals surface area contributed by atoms with Crippen molar-refractivity contribution in [2.24, 2.45) is 0 Å². The van der Waals surface area contributed by atoms with Crippen molar-refractivity contribution in [2.75, 3.05) is 6.54 Å². The highest BCUT2D eigenvalue weighted by Crippen LogP contribution is 2.33. The van der Waals surface area contributed by atoms with Crippen molar-refractivity contribution >= 4 is 22.7 Å². The summed E-state index contributed by atoms with van der Waals surface area (Å²) in [5, 5.41) is 8.85. The van der Waals surface area contributed by atoms with E-state index in [1.54, 1.807) is 17.9 Å². The normalized spacial score (nSPS) is 20.3. The molecule has 1 aliphatic heterocycles. The standard InChI is InChI=1S/C18H17N5O2/c1-18(15-8-4-6-13-5-2-3-7-14(13)15)16(24)23(17(25)21-18)10-9-22-12-19-11-20-22/h2-8,11-12H,9-10H2,1H3,(H,21,25). The van der Waals surface area contributed by atoms with E-state index < -0.39 is 5.54 Å². The first-order valence-corrected chi connectivity index (χ1v) is 8.04. The highest BCUT2D eigenvalue weighted by molar-refractivity contribution is 6.09. The van der Waals surface area contributed by atoms with Crippen LogP contribution in [0.2, 0.25) is 0 Å². The zero-order valence-electron chi connectivity index (χ0n) is 13.7. The van der Waals surface area contributed by atoms with E-state index in [1.165, 1.54) is 11.2 Å². The van der Waals surface area contributed by atoms with Gasteiger partial charge in [-0.15, -0.1) is 0 Å². The molecule has 3 amide bonds. The molecule has 7 nitrogen and oxygen atoms in total. The van der Waals surface area contributed by atoms with Crippen molar-refractivity contribution in [3.05, 3.63) is 60.7 Å². The van der Waals surface area contributed by atoms with Gasteiger partial charge in [0.1, 0.15) is 18.2 Å². The predicted molar refractivity (Wildman–Crippen MR) is 91.6 cm³/mol. The lowest BCUT2D eigenvalue weighted by Crippen LogP contribution is -2.41. The molecule has 1 atom stereocenters. The van der Waals surface area contributed by atoms with Crippen molar-refractivity contribution in [1.82, 2.24) is 25.0 Å². The van der Waals surface area contributed by atoms with E-state index in [1.807, 2.05) is 42.5 Å². The Morgan fingerprint density at radius 1 is 1.08 bits per heavy atom. The number of nitrogens with zero attached hydrogens (tertiary/aromatic N) is 4. The molecule has 2 aromatic carbocycles. The Labute approximate surface area is 144 Å². The summed E-state index contributed by atoms with van der Waals surface area (Å²) in [7, 11) is 0. The Bertz CT molecular complexity index is 948. The maximum atomic E-state index is 13.0. The van der Waals surface area contributed by atoms with Gasteiger partial charge in [-0.25, -0.2) is 9.78 Å². The van der Waals surface area contributed by atoms with Crippen molar-refractivity contribution in [1.29, 1.82) is 0 Å². The highest BCUT2D eigenvalue weighted by Gasteiger charge is 2.49. The van der Waals surface area contributed by atoms with E-state index in [9.17, 15) is 9.59 Å². The molecule has 1 saturated heterocycles. The predicted octanol–water partition coefficient (Wildman–Crippen LogP) is 1.90. The third-order valence-electron chi connectivity index (χ3n) is 4.62. The monoisotopic (exact) mass is 335 g/mol. The molecule has 0 bridgehead atoms. The Balaban J connectivity index is 1.67. The molecule has 0 spiro atoms. The molecule has 2 heterocycles. The number of amides is 3. The van der Waals surface area contributed by atoms with Crippen molar-refractivity contribution in [2.45, 2.75) is 19.0 Å². The molecule has 0 saturated carbocycles. The number of rotatable bonds is 4. The zero-order valence-corrected chi connectivity index (χ0v) is 13.7. The maximum Gasteiger partial charge on any atom is 0.325 e. The highest BCUT2D eigenvalue weighted by atomic mass is 16.2. The minimum Gasteiger partial charge on any atom is -0.319 e. The van der Waals surface area contributed by atoms with Crippen LogP contribution in [0, 0.1) is 0 Å². The maximum absolute atomic E-state index is 13.0. The zero-order chi connectivity index (χ0) is 17.4. The van der Waals surface area contributed by atoms with Crippen LogP contribution in [0.5, 0.6) is 0 Å². The number of nitrogens with one attached hydrogen (secondary N) is 1. The molecule has 1 aromatic heterocycles. The van der Waals surface area contributed by atoms with Gasteiger partial charge in [0, 0.05) is 0 Å². The summed E-state index contributed by atoms with van der Waals surface area (Å²) in [6, 6.07) is 13.2. The summed E-state index contributed by atoms with van der Waals surface area (Å²) in [6.45, 7) is 2.41. The quantitative estimate of drug-likeness (QED) is 0.739. The van der Waals surface area contributed by atoms with Gasteiger partial charge >= 0.3 is 6.03 Å². The van der Waals surface area contributed by atoms with E-state index in [2.05, 4.69) is 15.4 Å². The van der Waals surface area contributed by atoms with Crippen LogP contribution in [0.1, 0.15) is 12.5 Å². The Hall–Kier alpha value is -3.22. The second-order valence-corrected chi connectivity index (χ2v) is 6.20. The fraction of sp³-hybridized carbons (Fsp3) is 0.222. The van der Waals surface area contributed by atoms with Crippen molar-refractivity contribution in [3.63, 3.8) is 0 Å². The molecule has 1 fully saturated rings. The van der Waals surface area contributed by atoms with Gasteiger partial charge in [-0.1, -0.05) is 42.5 Å². The third-order valence-corrected chi connectivity index (χ3v) is 4.62. The van der Waals surface area contributed by atoms with Crippen LogP contribution < -0.4 is 5.32 Å². The first-order valence-electron chi connectivity index (χ1n) is 8.04. The van der Waals surface area contributed by atoms with E-state index in [0.29, 0.717) is 6.54 Å². The van der Waals surface area contributed by atoms with Crippen LogP contribution in [0.4, 0.5) is 4.79 Å². The molecular weight excluding hydrogens is 318 g/mol. The number of hydrogen-bond donors (Lipinski definition) is 1. The van der Waals surface area contributed by atoms with Gasteiger partial charge in [-0.05, 0) is 23.3 Å². The molecule has 25 heavy (non-hydrogen) atoms. The first kappa shape index (κ1) is 15.3. The summed E-state index contributed by atoms with van der Waals surface area (Å²) in [5.74, 6) is -0.256. The van der Waals surface area contributed by atoms with E-state index in [0.717, 1.165) is 16.3 Å². The lowest BCUT2D eigenvalue weighted by atomic mass is 9.88. The molecule has 7 heteroatoms. The smallest absolute Gasteiger partial charge is 0.319 e. The summed E-state index contributed by atoms with van der Waals surface area (Å²) >= 11 is 0. The number of carbonyl (C=O) groups is 2. The summed E-state index contributed by atoms with van der Waals surface area (Å²) in [4.78, 5) is 30.6. The van der Waals surface area contributed by atoms with Crippen molar-refractivity contribution in [3.8, 4) is 0 Å². The number of fused-ring (bicyclic) bond motifs is 1. The molecule has 1 N–H and O–H groups in total. The number of urea groups is 1. The molecule has 3 aromatic rings. The lowest BCUT2D eigenvalue weighted by Gasteiger charge is -2.24.